The van der Waals surface area contributed by atoms with Gasteiger partial charge in [0, 0.05) is 18.8 Å². The van der Waals surface area contributed by atoms with Crippen molar-refractivity contribution in [3.05, 3.63) is 33.1 Å². The Kier molecular flexibility index (Phi) is 6.37. The van der Waals surface area contributed by atoms with Crippen LogP contribution in [0.4, 0.5) is 0 Å². The lowest BCUT2D eigenvalue weighted by Crippen LogP contribution is -2.33. The summed E-state index contributed by atoms with van der Waals surface area (Å²) in [6, 6.07) is 1.39. The molecule has 1 aromatic heterocycles. The van der Waals surface area contributed by atoms with Gasteiger partial charge in [-0.05, 0) is 6.42 Å². The third-order valence-electron chi connectivity index (χ3n) is 2.93. The zero-order valence-electron chi connectivity index (χ0n) is 10.6. The highest BCUT2D eigenvalue weighted by Crippen LogP contribution is 2.06. The van der Waals surface area contributed by atoms with Crippen LogP contribution in [0.1, 0.15) is 51.9 Å². The predicted octanol–water partition coefficient (Wildman–Crippen LogP) is 2.29. The van der Waals surface area contributed by atoms with E-state index in [0.29, 0.717) is 6.54 Å². The lowest BCUT2D eigenvalue weighted by molar-refractivity contribution is 0.530. The van der Waals surface area contributed by atoms with Gasteiger partial charge >= 0.3 is 5.69 Å². The minimum absolute atomic E-state index is 0.209. The van der Waals surface area contributed by atoms with Crippen molar-refractivity contribution in [2.24, 2.45) is 0 Å². The first-order valence-corrected chi connectivity index (χ1v) is 6.54. The summed E-state index contributed by atoms with van der Waals surface area (Å²) in [6.07, 6.45) is 9.69. The number of unbranched alkanes of at least 4 members (excludes halogenated alkanes) is 6. The Hall–Kier alpha value is -1.32. The summed E-state index contributed by atoms with van der Waals surface area (Å²) < 4.78 is 1.27. The van der Waals surface area contributed by atoms with E-state index in [2.05, 4.69) is 11.9 Å². The van der Waals surface area contributed by atoms with Crippen LogP contribution in [-0.4, -0.2) is 9.55 Å². The molecule has 0 spiro atoms. The summed E-state index contributed by atoms with van der Waals surface area (Å²) in [5, 5.41) is 0. The molecular weight excluding hydrogens is 216 g/mol. The fourth-order valence-corrected chi connectivity index (χ4v) is 1.89. The van der Waals surface area contributed by atoms with E-state index >= 15 is 0 Å². The highest BCUT2D eigenvalue weighted by atomic mass is 16.2. The van der Waals surface area contributed by atoms with E-state index in [9.17, 15) is 9.59 Å². The molecule has 0 aliphatic rings. The molecule has 96 valence electrons. The van der Waals surface area contributed by atoms with Gasteiger partial charge in [0.05, 0.1) is 0 Å². The molecule has 0 aromatic carbocycles. The second-order valence-electron chi connectivity index (χ2n) is 4.39. The Morgan fingerprint density at radius 2 is 1.71 bits per heavy atom. The van der Waals surface area contributed by atoms with Crippen LogP contribution >= 0.6 is 0 Å². The average molecular weight is 238 g/mol. The topological polar surface area (TPSA) is 54.9 Å². The van der Waals surface area contributed by atoms with Gasteiger partial charge in [0.1, 0.15) is 0 Å². The van der Waals surface area contributed by atoms with Crippen molar-refractivity contribution in [2.45, 2.75) is 58.4 Å². The lowest BCUT2D eigenvalue weighted by atomic mass is 10.1. The van der Waals surface area contributed by atoms with Crippen LogP contribution in [0.15, 0.2) is 21.9 Å². The number of hydrogen-bond acceptors (Lipinski definition) is 2. The minimum Gasteiger partial charge on any atom is -0.314 e. The fourth-order valence-electron chi connectivity index (χ4n) is 1.89. The second-order valence-corrected chi connectivity index (χ2v) is 4.39. The number of nitrogens with one attached hydrogen (secondary N) is 1. The van der Waals surface area contributed by atoms with E-state index in [1.165, 1.54) is 48.9 Å². The van der Waals surface area contributed by atoms with Gasteiger partial charge in [-0.25, -0.2) is 4.79 Å². The quantitative estimate of drug-likeness (QED) is 0.706. The Balaban J connectivity index is 2.23. The summed E-state index contributed by atoms with van der Waals surface area (Å²) in [4.78, 5) is 25.3. The maximum absolute atomic E-state index is 11.4. The molecule has 0 fully saturated rings. The number of aromatic amines is 1. The van der Waals surface area contributed by atoms with E-state index in [0.717, 1.165) is 12.8 Å². The molecule has 1 rings (SSSR count). The van der Waals surface area contributed by atoms with Gasteiger partial charge in [-0.3, -0.25) is 9.36 Å². The molecule has 0 bridgehead atoms. The molecule has 0 amide bonds. The Morgan fingerprint density at radius 1 is 1.06 bits per heavy atom. The molecule has 1 N–H and O–H groups in total. The van der Waals surface area contributed by atoms with Crippen LogP contribution in [0.25, 0.3) is 0 Å². The van der Waals surface area contributed by atoms with E-state index in [-0.39, 0.29) is 11.2 Å². The number of aromatic nitrogens is 2. The molecule has 0 saturated heterocycles. The summed E-state index contributed by atoms with van der Waals surface area (Å²) in [6.45, 7) is 2.73. The molecule has 1 aromatic rings. The van der Waals surface area contributed by atoms with Gasteiger partial charge in [-0.1, -0.05) is 45.4 Å². The summed E-state index contributed by atoms with van der Waals surface area (Å²) in [7, 11) is 0. The highest BCUT2D eigenvalue weighted by Gasteiger charge is 1.99. The molecule has 0 atom stereocenters. The van der Waals surface area contributed by atoms with Gasteiger partial charge in [0.15, 0.2) is 0 Å². The monoisotopic (exact) mass is 238 g/mol. The van der Waals surface area contributed by atoms with Crippen LogP contribution < -0.4 is 11.2 Å². The molecule has 0 aliphatic carbocycles. The smallest absolute Gasteiger partial charge is 0.314 e. The number of H-pyrrole nitrogens is 1. The van der Waals surface area contributed by atoms with Gasteiger partial charge in [-0.15, -0.1) is 0 Å². The van der Waals surface area contributed by atoms with Crippen molar-refractivity contribution in [1.29, 1.82) is 0 Å². The van der Waals surface area contributed by atoms with E-state index in [1.54, 1.807) is 0 Å². The van der Waals surface area contributed by atoms with Crippen LogP contribution in [0.2, 0.25) is 0 Å². The van der Waals surface area contributed by atoms with Crippen molar-refractivity contribution in [3.63, 3.8) is 0 Å². The predicted molar refractivity (Wildman–Crippen MR) is 69.3 cm³/mol. The van der Waals surface area contributed by atoms with E-state index in [1.807, 2.05) is 0 Å². The molecule has 0 unspecified atom stereocenters. The van der Waals surface area contributed by atoms with Crippen molar-refractivity contribution in [3.8, 4) is 0 Å². The Labute approximate surface area is 102 Å². The van der Waals surface area contributed by atoms with Gasteiger partial charge in [0.25, 0.3) is 5.56 Å². The minimum atomic E-state index is -0.302. The first-order chi connectivity index (χ1) is 8.25. The highest BCUT2D eigenvalue weighted by molar-refractivity contribution is 4.82. The molecular formula is C13H22N2O2. The number of hydrogen-bond donors (Lipinski definition) is 1. The first-order valence-electron chi connectivity index (χ1n) is 6.54. The van der Waals surface area contributed by atoms with Crippen molar-refractivity contribution in [2.75, 3.05) is 0 Å². The summed E-state index contributed by atoms with van der Waals surface area (Å²) in [5.41, 5.74) is -0.511. The zero-order valence-corrected chi connectivity index (χ0v) is 10.6. The molecule has 1 heterocycles. The van der Waals surface area contributed by atoms with Crippen LogP contribution in [0, 0.1) is 0 Å². The van der Waals surface area contributed by atoms with Crippen molar-refractivity contribution < 1.29 is 0 Å². The molecule has 0 radical (unpaired) electrons. The van der Waals surface area contributed by atoms with Crippen molar-refractivity contribution >= 4 is 0 Å². The lowest BCUT2D eigenvalue weighted by Gasteiger charge is -2.03. The maximum atomic E-state index is 11.4. The SMILES string of the molecule is CCCCCCCCCn1c(=O)cc[nH]c1=O. The second kappa shape index (κ2) is 7.87. The fraction of sp³-hybridized carbons (Fsp3) is 0.692. The number of nitrogens with zero attached hydrogens (tertiary/aromatic N) is 1. The first kappa shape index (κ1) is 13.7. The van der Waals surface area contributed by atoms with Gasteiger partial charge in [-0.2, -0.15) is 0 Å². The van der Waals surface area contributed by atoms with E-state index < -0.39 is 0 Å². The molecule has 4 nitrogen and oxygen atoms in total. The largest absolute Gasteiger partial charge is 0.328 e. The van der Waals surface area contributed by atoms with Crippen LogP contribution in [0.5, 0.6) is 0 Å². The average Bonchev–Trinajstić information content (AvgIpc) is 2.31. The van der Waals surface area contributed by atoms with Crippen LogP contribution in [-0.2, 0) is 6.54 Å². The zero-order chi connectivity index (χ0) is 12.5. The number of rotatable bonds is 8. The normalized spacial score (nSPS) is 10.6. The third-order valence-corrected chi connectivity index (χ3v) is 2.93. The third kappa shape index (κ3) is 5.02. The summed E-state index contributed by atoms with van der Waals surface area (Å²) in [5.74, 6) is 0. The summed E-state index contributed by atoms with van der Waals surface area (Å²) >= 11 is 0. The van der Waals surface area contributed by atoms with Crippen LogP contribution in [0.3, 0.4) is 0 Å². The van der Waals surface area contributed by atoms with Gasteiger partial charge in [0.2, 0.25) is 0 Å². The molecule has 0 saturated carbocycles. The molecule has 17 heavy (non-hydrogen) atoms. The molecule has 4 heteroatoms. The Morgan fingerprint density at radius 3 is 2.35 bits per heavy atom. The van der Waals surface area contributed by atoms with E-state index in [4.69, 9.17) is 0 Å². The van der Waals surface area contributed by atoms with Crippen molar-refractivity contribution in [1.82, 2.24) is 9.55 Å². The standard InChI is InChI=1S/C13H22N2O2/c1-2-3-4-5-6-7-8-11-15-12(16)9-10-14-13(15)17/h9-10H,2-8,11H2,1H3,(H,14,17). The van der Waals surface area contributed by atoms with Gasteiger partial charge < -0.3 is 4.98 Å². The Bertz CT molecular complexity index is 392. The maximum Gasteiger partial charge on any atom is 0.328 e. The molecule has 0 aliphatic heterocycles.